The fraction of sp³-hybridized carbons (Fsp3) is 0.308. The van der Waals surface area contributed by atoms with Crippen LogP contribution in [0.3, 0.4) is 0 Å². The molecule has 0 bridgehead atoms. The van der Waals surface area contributed by atoms with Crippen LogP contribution in [0, 0.1) is 0 Å². The van der Waals surface area contributed by atoms with Crippen LogP contribution in [-0.2, 0) is 20.8 Å². The summed E-state index contributed by atoms with van der Waals surface area (Å²) in [4.78, 5) is 0. The van der Waals surface area contributed by atoms with Gasteiger partial charge < -0.3 is 0 Å². The maximum atomic E-state index is 10.9. The Morgan fingerprint density at radius 1 is 1.39 bits per heavy atom. The Morgan fingerprint density at radius 3 is 2.67 bits per heavy atom. The standard InChI is InChI=1S/C13H17NO3S/c1-4-5-8-12-9-6-7-10-13(12)11(2)14-17-18(3,15)16/h4-7,9-10H,8H2,1-3H3. The van der Waals surface area contributed by atoms with Gasteiger partial charge in [0.1, 0.15) is 0 Å². The van der Waals surface area contributed by atoms with E-state index in [0.29, 0.717) is 5.71 Å². The van der Waals surface area contributed by atoms with E-state index in [9.17, 15) is 8.42 Å². The van der Waals surface area contributed by atoms with Gasteiger partial charge >= 0.3 is 10.1 Å². The van der Waals surface area contributed by atoms with Crippen molar-refractivity contribution in [3.8, 4) is 0 Å². The Labute approximate surface area is 108 Å². The van der Waals surface area contributed by atoms with Crippen LogP contribution in [0.15, 0.2) is 41.6 Å². The lowest BCUT2D eigenvalue weighted by Crippen LogP contribution is -2.04. The summed E-state index contributed by atoms with van der Waals surface area (Å²) in [5, 5.41) is 3.64. The van der Waals surface area contributed by atoms with Gasteiger partial charge in [0, 0.05) is 5.56 Å². The van der Waals surface area contributed by atoms with Crippen LogP contribution in [0.1, 0.15) is 25.0 Å². The first-order chi connectivity index (χ1) is 8.44. The van der Waals surface area contributed by atoms with Crippen molar-refractivity contribution in [2.75, 3.05) is 6.26 Å². The fourth-order valence-corrected chi connectivity index (χ4v) is 1.72. The normalized spacial score (nSPS) is 12.9. The van der Waals surface area contributed by atoms with E-state index in [1.54, 1.807) is 6.92 Å². The third-order valence-electron chi connectivity index (χ3n) is 2.29. The molecule has 0 saturated carbocycles. The van der Waals surface area contributed by atoms with E-state index >= 15 is 0 Å². The summed E-state index contributed by atoms with van der Waals surface area (Å²) < 4.78 is 26.2. The number of rotatable bonds is 5. The summed E-state index contributed by atoms with van der Waals surface area (Å²) in [6, 6.07) is 7.69. The lowest BCUT2D eigenvalue weighted by molar-refractivity contribution is 0.343. The molecule has 0 heterocycles. The number of oxime groups is 1. The summed E-state index contributed by atoms with van der Waals surface area (Å²) in [5.74, 6) is 0. The van der Waals surface area contributed by atoms with Crippen molar-refractivity contribution < 1.29 is 12.7 Å². The lowest BCUT2D eigenvalue weighted by atomic mass is 10.0. The van der Waals surface area contributed by atoms with Gasteiger partial charge in [0.15, 0.2) is 0 Å². The largest absolute Gasteiger partial charge is 0.325 e. The van der Waals surface area contributed by atoms with Gasteiger partial charge in [0.2, 0.25) is 0 Å². The summed E-state index contributed by atoms with van der Waals surface area (Å²) in [6.45, 7) is 3.68. The highest BCUT2D eigenvalue weighted by molar-refractivity contribution is 7.85. The van der Waals surface area contributed by atoms with Crippen LogP contribution >= 0.6 is 0 Å². The average Bonchev–Trinajstić information content (AvgIpc) is 2.33. The minimum Gasteiger partial charge on any atom is -0.268 e. The molecule has 98 valence electrons. The Morgan fingerprint density at radius 2 is 2.06 bits per heavy atom. The number of hydrogen-bond acceptors (Lipinski definition) is 4. The SMILES string of the molecule is CC=CCc1ccccc1C(C)=NOS(C)(=O)=O. The van der Waals surface area contributed by atoms with E-state index < -0.39 is 10.1 Å². The number of nitrogens with zero attached hydrogens (tertiary/aromatic N) is 1. The van der Waals surface area contributed by atoms with Crippen LogP contribution < -0.4 is 0 Å². The van der Waals surface area contributed by atoms with E-state index in [1.165, 1.54) is 0 Å². The first-order valence-corrected chi connectivity index (χ1v) is 7.38. The second-order valence-corrected chi connectivity index (χ2v) is 5.44. The highest BCUT2D eigenvalue weighted by atomic mass is 32.2. The third kappa shape index (κ3) is 4.71. The molecule has 0 aliphatic rings. The average molecular weight is 267 g/mol. The number of hydrogen-bond donors (Lipinski definition) is 0. The fourth-order valence-electron chi connectivity index (χ4n) is 1.47. The van der Waals surface area contributed by atoms with Crippen LogP contribution in [0.5, 0.6) is 0 Å². The second-order valence-electron chi connectivity index (χ2n) is 3.89. The van der Waals surface area contributed by atoms with Gasteiger partial charge in [-0.15, -0.1) is 0 Å². The van der Waals surface area contributed by atoms with E-state index in [2.05, 4.69) is 9.44 Å². The molecule has 0 aromatic heterocycles. The molecule has 0 aliphatic carbocycles. The maximum absolute atomic E-state index is 10.9. The molecule has 1 aromatic carbocycles. The first-order valence-electron chi connectivity index (χ1n) is 5.56. The quantitative estimate of drug-likeness (QED) is 0.468. The van der Waals surface area contributed by atoms with Gasteiger partial charge in [0.05, 0.1) is 12.0 Å². The zero-order valence-electron chi connectivity index (χ0n) is 10.8. The molecular formula is C13H17NO3S. The predicted molar refractivity (Wildman–Crippen MR) is 73.1 cm³/mol. The molecule has 4 nitrogen and oxygen atoms in total. The Hall–Kier alpha value is -1.62. The van der Waals surface area contributed by atoms with Crippen LogP contribution in [0.4, 0.5) is 0 Å². The Kier molecular flexibility index (Phi) is 5.09. The van der Waals surface area contributed by atoms with E-state index in [-0.39, 0.29) is 0 Å². The second kappa shape index (κ2) is 6.35. The molecular weight excluding hydrogens is 250 g/mol. The molecule has 0 aliphatic heterocycles. The zero-order valence-corrected chi connectivity index (χ0v) is 11.6. The summed E-state index contributed by atoms with van der Waals surface area (Å²) in [7, 11) is -3.56. The number of benzene rings is 1. The van der Waals surface area contributed by atoms with Crippen molar-refractivity contribution in [1.82, 2.24) is 0 Å². The van der Waals surface area contributed by atoms with Crippen LogP contribution in [-0.4, -0.2) is 20.4 Å². The van der Waals surface area contributed by atoms with Gasteiger partial charge in [-0.25, -0.2) is 0 Å². The first kappa shape index (κ1) is 14.4. The van der Waals surface area contributed by atoms with E-state index in [4.69, 9.17) is 0 Å². The van der Waals surface area contributed by atoms with Crippen molar-refractivity contribution in [1.29, 1.82) is 0 Å². The highest BCUT2D eigenvalue weighted by Gasteiger charge is 2.06. The lowest BCUT2D eigenvalue weighted by Gasteiger charge is -2.06. The van der Waals surface area contributed by atoms with Crippen LogP contribution in [0.25, 0.3) is 0 Å². The molecule has 0 atom stereocenters. The van der Waals surface area contributed by atoms with E-state index in [0.717, 1.165) is 23.8 Å². The van der Waals surface area contributed by atoms with Gasteiger partial charge in [-0.3, -0.25) is 4.28 Å². The monoisotopic (exact) mass is 267 g/mol. The smallest absolute Gasteiger partial charge is 0.268 e. The molecule has 0 spiro atoms. The third-order valence-corrected chi connectivity index (χ3v) is 2.64. The van der Waals surface area contributed by atoms with Crippen LogP contribution in [0.2, 0.25) is 0 Å². The summed E-state index contributed by atoms with van der Waals surface area (Å²) in [6.07, 6.45) is 5.74. The summed E-state index contributed by atoms with van der Waals surface area (Å²) in [5.41, 5.74) is 2.51. The predicted octanol–water partition coefficient (Wildman–Crippen LogP) is 2.51. The molecule has 0 saturated heterocycles. The molecule has 0 fully saturated rings. The van der Waals surface area contributed by atoms with Gasteiger partial charge in [-0.05, 0) is 25.8 Å². The maximum Gasteiger partial charge on any atom is 0.325 e. The van der Waals surface area contributed by atoms with E-state index in [1.807, 2.05) is 43.3 Å². The zero-order chi connectivity index (χ0) is 13.6. The molecule has 0 unspecified atom stereocenters. The van der Waals surface area contributed by atoms with Gasteiger partial charge in [0.25, 0.3) is 0 Å². The molecule has 0 N–H and O–H groups in total. The molecule has 0 amide bonds. The minimum absolute atomic E-state index is 0.542. The molecule has 5 heteroatoms. The Bertz CT molecular complexity index is 559. The van der Waals surface area contributed by atoms with Gasteiger partial charge in [-0.2, -0.15) is 8.42 Å². The Balaban J connectivity index is 3.01. The molecule has 1 rings (SSSR count). The highest BCUT2D eigenvalue weighted by Crippen LogP contribution is 2.12. The molecule has 18 heavy (non-hydrogen) atoms. The minimum atomic E-state index is -3.56. The molecule has 0 radical (unpaired) electrons. The van der Waals surface area contributed by atoms with Crippen molar-refractivity contribution in [3.63, 3.8) is 0 Å². The van der Waals surface area contributed by atoms with Crippen molar-refractivity contribution in [2.24, 2.45) is 5.16 Å². The molecule has 1 aromatic rings. The van der Waals surface area contributed by atoms with Crippen molar-refractivity contribution in [2.45, 2.75) is 20.3 Å². The number of allylic oxidation sites excluding steroid dienone is 2. The van der Waals surface area contributed by atoms with Crippen molar-refractivity contribution in [3.05, 3.63) is 47.5 Å². The summed E-state index contributed by atoms with van der Waals surface area (Å²) >= 11 is 0. The topological polar surface area (TPSA) is 55.7 Å². The van der Waals surface area contributed by atoms with Crippen molar-refractivity contribution >= 4 is 15.8 Å². The van der Waals surface area contributed by atoms with Gasteiger partial charge in [-0.1, -0.05) is 41.6 Å².